The largest absolute Gasteiger partial charge is 0.355 e. The molecule has 0 fully saturated rings. The lowest BCUT2D eigenvalue weighted by Gasteiger charge is -2.08. The summed E-state index contributed by atoms with van der Waals surface area (Å²) in [4.78, 5) is 25.4. The first-order valence-electron chi connectivity index (χ1n) is 8.83. The second-order valence-electron chi connectivity index (χ2n) is 5.96. The highest BCUT2D eigenvalue weighted by Gasteiger charge is 2.17. The first-order valence-corrected chi connectivity index (χ1v) is 8.83. The number of pyridine rings is 2. The maximum absolute atomic E-state index is 13.7. The number of nitrogens with zero attached hydrogens (tertiary/aromatic N) is 4. The number of carbonyl (C=O) groups excluding carboxylic acids is 1. The van der Waals surface area contributed by atoms with Crippen LogP contribution >= 0.6 is 0 Å². The van der Waals surface area contributed by atoms with Crippen molar-refractivity contribution in [2.45, 2.75) is 13.3 Å². The molecule has 2 aromatic heterocycles. The van der Waals surface area contributed by atoms with Crippen molar-refractivity contribution in [1.29, 1.82) is 5.26 Å². The summed E-state index contributed by atoms with van der Waals surface area (Å²) in [7, 11) is 0. The highest BCUT2D eigenvalue weighted by Crippen LogP contribution is 2.16. The molecular formula is C21H15F2N5O2. The second-order valence-corrected chi connectivity index (χ2v) is 5.96. The standard InChI is InChI=1S/C21H15F2N5O2/c1-2-18(28-30-15-8-7-14(10-24)25-12-15)13-6-9-19(26-11-13)27-21(29)20-16(22)4-3-5-17(20)23/h3-9,11-12H,2H2,1H3,(H,26,27,29)/b28-18-. The van der Waals surface area contributed by atoms with Crippen LogP contribution in [0.3, 0.4) is 0 Å². The van der Waals surface area contributed by atoms with Crippen molar-refractivity contribution >= 4 is 17.4 Å². The van der Waals surface area contributed by atoms with Crippen molar-refractivity contribution in [2.24, 2.45) is 5.16 Å². The van der Waals surface area contributed by atoms with Crippen LogP contribution in [0.15, 0.2) is 60.0 Å². The van der Waals surface area contributed by atoms with Crippen LogP contribution in [0, 0.1) is 23.0 Å². The molecule has 0 aliphatic carbocycles. The van der Waals surface area contributed by atoms with Gasteiger partial charge in [0.25, 0.3) is 5.91 Å². The van der Waals surface area contributed by atoms with E-state index in [1.807, 2.05) is 13.0 Å². The fourth-order valence-corrected chi connectivity index (χ4v) is 2.46. The van der Waals surface area contributed by atoms with Crippen LogP contribution in [0.5, 0.6) is 5.75 Å². The van der Waals surface area contributed by atoms with E-state index >= 15 is 0 Å². The smallest absolute Gasteiger partial charge is 0.262 e. The van der Waals surface area contributed by atoms with Gasteiger partial charge < -0.3 is 10.2 Å². The fraction of sp³-hybridized carbons (Fsp3) is 0.0952. The molecule has 0 unspecified atom stereocenters. The van der Waals surface area contributed by atoms with Crippen LogP contribution in [-0.4, -0.2) is 21.6 Å². The number of anilines is 1. The lowest BCUT2D eigenvalue weighted by atomic mass is 10.1. The zero-order chi connectivity index (χ0) is 21.5. The predicted molar refractivity (Wildman–Crippen MR) is 105 cm³/mol. The molecule has 0 saturated carbocycles. The van der Waals surface area contributed by atoms with Crippen molar-refractivity contribution in [3.05, 3.63) is 83.3 Å². The van der Waals surface area contributed by atoms with Gasteiger partial charge in [-0.1, -0.05) is 18.1 Å². The molecule has 0 aliphatic heterocycles. The number of nitrogens with one attached hydrogen (secondary N) is 1. The molecule has 0 saturated heterocycles. The van der Waals surface area contributed by atoms with Crippen LogP contribution in [0.4, 0.5) is 14.6 Å². The number of aromatic nitrogens is 2. The maximum atomic E-state index is 13.7. The molecule has 1 N–H and O–H groups in total. The summed E-state index contributed by atoms with van der Waals surface area (Å²) in [6.07, 6.45) is 3.36. The Balaban J connectivity index is 1.71. The average Bonchev–Trinajstić information content (AvgIpc) is 2.75. The van der Waals surface area contributed by atoms with E-state index < -0.39 is 23.1 Å². The van der Waals surface area contributed by atoms with E-state index in [2.05, 4.69) is 20.4 Å². The molecule has 2 heterocycles. The highest BCUT2D eigenvalue weighted by molar-refractivity contribution is 6.04. The molecule has 3 aromatic rings. The Morgan fingerprint density at radius 2 is 1.90 bits per heavy atom. The fourth-order valence-electron chi connectivity index (χ4n) is 2.46. The van der Waals surface area contributed by atoms with Gasteiger partial charge in [-0.15, -0.1) is 0 Å². The van der Waals surface area contributed by atoms with E-state index in [1.54, 1.807) is 12.1 Å². The van der Waals surface area contributed by atoms with Gasteiger partial charge in [0.15, 0.2) is 5.75 Å². The highest BCUT2D eigenvalue weighted by atomic mass is 19.1. The Kier molecular flexibility index (Phi) is 6.39. The maximum Gasteiger partial charge on any atom is 0.262 e. The molecule has 1 aromatic carbocycles. The van der Waals surface area contributed by atoms with Crippen molar-refractivity contribution in [2.75, 3.05) is 5.32 Å². The van der Waals surface area contributed by atoms with Gasteiger partial charge in [0, 0.05) is 11.8 Å². The van der Waals surface area contributed by atoms with Gasteiger partial charge in [0.2, 0.25) is 0 Å². The summed E-state index contributed by atoms with van der Waals surface area (Å²) in [5.74, 6) is -2.37. The van der Waals surface area contributed by atoms with E-state index in [1.165, 1.54) is 30.6 Å². The SMILES string of the molecule is CC/C(=N/Oc1ccc(C#N)nc1)c1ccc(NC(=O)c2c(F)cccc2F)nc1. The second kappa shape index (κ2) is 9.34. The number of hydrogen-bond donors (Lipinski definition) is 1. The summed E-state index contributed by atoms with van der Waals surface area (Å²) in [6.45, 7) is 1.87. The first kappa shape index (κ1) is 20.5. The predicted octanol–water partition coefficient (Wildman–Crippen LogP) is 4.07. The third-order valence-corrected chi connectivity index (χ3v) is 3.98. The van der Waals surface area contributed by atoms with Gasteiger partial charge in [-0.3, -0.25) is 4.79 Å². The van der Waals surface area contributed by atoms with Crippen molar-refractivity contribution in [3.8, 4) is 11.8 Å². The molecule has 9 heteroatoms. The van der Waals surface area contributed by atoms with Gasteiger partial charge >= 0.3 is 0 Å². The summed E-state index contributed by atoms with van der Waals surface area (Å²) in [6, 6.07) is 11.3. The minimum Gasteiger partial charge on any atom is -0.355 e. The van der Waals surface area contributed by atoms with Gasteiger partial charge in [-0.05, 0) is 42.8 Å². The number of amides is 1. The molecule has 0 spiro atoms. The molecule has 3 rings (SSSR count). The van der Waals surface area contributed by atoms with Crippen LogP contribution < -0.4 is 10.2 Å². The van der Waals surface area contributed by atoms with Crippen LogP contribution in [-0.2, 0) is 0 Å². The monoisotopic (exact) mass is 407 g/mol. The number of oxime groups is 1. The first-order chi connectivity index (χ1) is 14.5. The third-order valence-electron chi connectivity index (χ3n) is 3.98. The molecule has 1 amide bonds. The average molecular weight is 407 g/mol. The summed E-state index contributed by atoms with van der Waals surface area (Å²) >= 11 is 0. The Labute approximate surface area is 170 Å². The van der Waals surface area contributed by atoms with Gasteiger partial charge in [0.05, 0.1) is 11.9 Å². The van der Waals surface area contributed by atoms with Gasteiger partial charge in [0.1, 0.15) is 34.8 Å². The molecule has 0 atom stereocenters. The van der Waals surface area contributed by atoms with Gasteiger partial charge in [-0.2, -0.15) is 5.26 Å². The molecule has 0 radical (unpaired) electrons. The number of rotatable bonds is 6. The van der Waals surface area contributed by atoms with Crippen molar-refractivity contribution < 1.29 is 18.4 Å². The molecule has 0 aliphatic rings. The molecule has 7 nitrogen and oxygen atoms in total. The molecular weight excluding hydrogens is 392 g/mol. The van der Waals surface area contributed by atoms with E-state index in [0.29, 0.717) is 23.4 Å². The quantitative estimate of drug-likeness (QED) is 0.490. The zero-order valence-corrected chi connectivity index (χ0v) is 15.8. The lowest BCUT2D eigenvalue weighted by molar-refractivity contribution is 0.101. The van der Waals surface area contributed by atoms with Crippen LogP contribution in [0.1, 0.15) is 35.0 Å². The third kappa shape index (κ3) is 4.80. The number of nitriles is 1. The van der Waals surface area contributed by atoms with Crippen molar-refractivity contribution in [3.63, 3.8) is 0 Å². The molecule has 0 bridgehead atoms. The van der Waals surface area contributed by atoms with E-state index in [9.17, 15) is 13.6 Å². The Bertz CT molecular complexity index is 1100. The van der Waals surface area contributed by atoms with Crippen LogP contribution in [0.25, 0.3) is 0 Å². The topological polar surface area (TPSA) is 100 Å². The Morgan fingerprint density at radius 1 is 1.13 bits per heavy atom. The molecule has 150 valence electrons. The Hall–Kier alpha value is -4.19. The normalized spacial score (nSPS) is 10.9. The number of benzene rings is 1. The minimum atomic E-state index is -0.959. The van der Waals surface area contributed by atoms with Crippen LogP contribution in [0.2, 0.25) is 0 Å². The zero-order valence-electron chi connectivity index (χ0n) is 15.8. The summed E-state index contributed by atoms with van der Waals surface area (Å²) in [5, 5.41) is 15.2. The van der Waals surface area contributed by atoms with E-state index in [-0.39, 0.29) is 11.5 Å². The summed E-state index contributed by atoms with van der Waals surface area (Å²) in [5.41, 5.74) is 0.793. The van der Waals surface area contributed by atoms with Gasteiger partial charge in [-0.25, -0.2) is 18.7 Å². The van der Waals surface area contributed by atoms with E-state index in [0.717, 1.165) is 12.1 Å². The molecule has 30 heavy (non-hydrogen) atoms. The minimum absolute atomic E-state index is 0.124. The Morgan fingerprint density at radius 3 is 2.47 bits per heavy atom. The summed E-state index contributed by atoms with van der Waals surface area (Å²) < 4.78 is 27.4. The number of halogens is 2. The number of hydrogen-bond acceptors (Lipinski definition) is 6. The van der Waals surface area contributed by atoms with Crippen molar-refractivity contribution in [1.82, 2.24) is 9.97 Å². The van der Waals surface area contributed by atoms with E-state index in [4.69, 9.17) is 10.1 Å². The lowest BCUT2D eigenvalue weighted by Crippen LogP contribution is -2.16. The number of carbonyl (C=O) groups is 1.